The molecular formula is C18H18N2O2. The number of aromatic nitrogens is 1. The van der Waals surface area contributed by atoms with Gasteiger partial charge in [-0.1, -0.05) is 18.2 Å². The Balaban J connectivity index is 1.74. The maximum atomic E-state index is 12.7. The molecule has 1 aliphatic rings. The van der Waals surface area contributed by atoms with E-state index >= 15 is 0 Å². The molecule has 0 aliphatic carbocycles. The Hall–Kier alpha value is -2.49. The minimum atomic E-state index is -0.0284. The van der Waals surface area contributed by atoms with Crippen molar-refractivity contribution in [2.24, 2.45) is 0 Å². The van der Waals surface area contributed by atoms with Crippen LogP contribution in [0.1, 0.15) is 40.3 Å². The van der Waals surface area contributed by atoms with Gasteiger partial charge in [-0.2, -0.15) is 0 Å². The zero-order valence-electron chi connectivity index (χ0n) is 12.7. The molecule has 3 heterocycles. The van der Waals surface area contributed by atoms with Crippen LogP contribution in [0, 0.1) is 6.92 Å². The summed E-state index contributed by atoms with van der Waals surface area (Å²) < 4.78 is 5.37. The van der Waals surface area contributed by atoms with E-state index < -0.39 is 0 Å². The quantitative estimate of drug-likeness (QED) is 0.741. The molecule has 4 nitrogen and oxygen atoms in total. The Labute approximate surface area is 128 Å². The van der Waals surface area contributed by atoms with Crippen molar-refractivity contribution in [3.05, 3.63) is 59.2 Å². The summed E-state index contributed by atoms with van der Waals surface area (Å²) in [5, 5.41) is 1.27. The Morgan fingerprint density at radius 1 is 1.32 bits per heavy atom. The highest BCUT2D eigenvalue weighted by molar-refractivity contribution is 5.94. The molecule has 1 amide bonds. The molecule has 0 saturated heterocycles. The molecule has 1 aromatic carbocycles. The molecule has 0 bridgehead atoms. The van der Waals surface area contributed by atoms with Crippen LogP contribution in [0.5, 0.6) is 0 Å². The predicted molar refractivity (Wildman–Crippen MR) is 84.9 cm³/mol. The lowest BCUT2D eigenvalue weighted by Crippen LogP contribution is -2.38. The number of fused-ring (bicyclic) bond motifs is 3. The van der Waals surface area contributed by atoms with Crippen molar-refractivity contribution in [3.8, 4) is 0 Å². The van der Waals surface area contributed by atoms with Crippen LogP contribution in [0.2, 0.25) is 0 Å². The van der Waals surface area contributed by atoms with Gasteiger partial charge in [-0.25, -0.2) is 0 Å². The van der Waals surface area contributed by atoms with Gasteiger partial charge >= 0.3 is 0 Å². The van der Waals surface area contributed by atoms with Crippen LogP contribution in [-0.4, -0.2) is 22.3 Å². The SMILES string of the molecule is Cc1ccoc1C(=O)N1CCc2c([nH]c3ccccc23)[C@H]1C. The lowest BCUT2D eigenvalue weighted by molar-refractivity contribution is 0.0641. The first-order chi connectivity index (χ1) is 10.7. The van der Waals surface area contributed by atoms with E-state index in [2.05, 4.69) is 30.1 Å². The molecule has 1 aliphatic heterocycles. The number of carbonyl (C=O) groups excluding carboxylic acids is 1. The number of furan rings is 1. The van der Waals surface area contributed by atoms with Gasteiger partial charge in [0.05, 0.1) is 12.3 Å². The second-order valence-electron chi connectivity index (χ2n) is 5.92. The molecule has 0 radical (unpaired) electrons. The fraction of sp³-hybridized carbons (Fsp3) is 0.278. The number of aromatic amines is 1. The van der Waals surface area contributed by atoms with Gasteiger partial charge in [-0.15, -0.1) is 0 Å². The van der Waals surface area contributed by atoms with Crippen LogP contribution in [0.4, 0.5) is 0 Å². The minimum Gasteiger partial charge on any atom is -0.459 e. The summed E-state index contributed by atoms with van der Waals surface area (Å²) in [6.07, 6.45) is 2.45. The van der Waals surface area contributed by atoms with E-state index in [1.165, 1.54) is 10.9 Å². The molecule has 4 rings (SSSR count). The van der Waals surface area contributed by atoms with Gasteiger partial charge in [0.15, 0.2) is 5.76 Å². The molecule has 4 heteroatoms. The van der Waals surface area contributed by atoms with Crippen LogP contribution >= 0.6 is 0 Å². The van der Waals surface area contributed by atoms with Crippen LogP contribution in [-0.2, 0) is 6.42 Å². The number of nitrogens with one attached hydrogen (secondary N) is 1. The molecule has 0 spiro atoms. The number of carbonyl (C=O) groups is 1. The Kier molecular flexibility index (Phi) is 2.86. The fourth-order valence-electron chi connectivity index (χ4n) is 3.43. The molecule has 112 valence electrons. The van der Waals surface area contributed by atoms with E-state index in [-0.39, 0.29) is 11.9 Å². The van der Waals surface area contributed by atoms with Crippen molar-refractivity contribution in [3.63, 3.8) is 0 Å². The van der Waals surface area contributed by atoms with Gasteiger partial charge in [0.1, 0.15) is 0 Å². The summed E-state index contributed by atoms with van der Waals surface area (Å²) in [6.45, 7) is 4.69. The zero-order valence-corrected chi connectivity index (χ0v) is 12.7. The van der Waals surface area contributed by atoms with E-state index in [0.717, 1.165) is 29.7 Å². The van der Waals surface area contributed by atoms with Gasteiger partial charge in [0.2, 0.25) is 0 Å². The Morgan fingerprint density at radius 3 is 2.91 bits per heavy atom. The smallest absolute Gasteiger partial charge is 0.290 e. The molecule has 3 aromatic rings. The molecule has 1 N–H and O–H groups in total. The predicted octanol–water partition coefficient (Wildman–Crippen LogP) is 3.83. The van der Waals surface area contributed by atoms with E-state index in [1.54, 1.807) is 6.26 Å². The van der Waals surface area contributed by atoms with Gasteiger partial charge in [0, 0.05) is 28.7 Å². The first-order valence-electron chi connectivity index (χ1n) is 7.61. The average molecular weight is 294 g/mol. The first-order valence-corrected chi connectivity index (χ1v) is 7.61. The molecule has 0 saturated carbocycles. The minimum absolute atomic E-state index is 0.0214. The number of nitrogens with zero attached hydrogens (tertiary/aromatic N) is 1. The molecule has 2 aromatic heterocycles. The summed E-state index contributed by atoms with van der Waals surface area (Å²) >= 11 is 0. The molecule has 1 atom stereocenters. The van der Waals surface area contributed by atoms with Gasteiger partial charge in [0.25, 0.3) is 5.91 Å². The third kappa shape index (κ3) is 1.80. The highest BCUT2D eigenvalue weighted by atomic mass is 16.3. The van der Waals surface area contributed by atoms with Crippen molar-refractivity contribution >= 4 is 16.8 Å². The number of H-pyrrole nitrogens is 1. The summed E-state index contributed by atoms with van der Waals surface area (Å²) in [4.78, 5) is 18.1. The van der Waals surface area contributed by atoms with Crippen molar-refractivity contribution in [2.45, 2.75) is 26.3 Å². The van der Waals surface area contributed by atoms with Gasteiger partial charge in [-0.3, -0.25) is 4.79 Å². The third-order valence-electron chi connectivity index (χ3n) is 4.65. The van der Waals surface area contributed by atoms with Crippen molar-refractivity contribution in [1.82, 2.24) is 9.88 Å². The number of rotatable bonds is 1. The maximum absolute atomic E-state index is 12.7. The summed E-state index contributed by atoms with van der Waals surface area (Å²) in [7, 11) is 0. The zero-order chi connectivity index (χ0) is 15.3. The lowest BCUT2D eigenvalue weighted by atomic mass is 9.98. The summed E-state index contributed by atoms with van der Waals surface area (Å²) in [5.74, 6) is 0.422. The number of para-hydroxylation sites is 1. The molecule has 0 fully saturated rings. The van der Waals surface area contributed by atoms with E-state index in [9.17, 15) is 4.79 Å². The van der Waals surface area contributed by atoms with E-state index in [1.807, 2.05) is 24.0 Å². The topological polar surface area (TPSA) is 49.2 Å². The number of aryl methyl sites for hydroxylation is 1. The molecule has 22 heavy (non-hydrogen) atoms. The monoisotopic (exact) mass is 294 g/mol. The Bertz CT molecular complexity index is 859. The van der Waals surface area contributed by atoms with Crippen molar-refractivity contribution in [2.75, 3.05) is 6.54 Å². The molecular weight excluding hydrogens is 276 g/mol. The van der Waals surface area contributed by atoms with Crippen molar-refractivity contribution in [1.29, 1.82) is 0 Å². The number of benzene rings is 1. The number of amides is 1. The van der Waals surface area contributed by atoms with Crippen molar-refractivity contribution < 1.29 is 9.21 Å². The lowest BCUT2D eigenvalue weighted by Gasteiger charge is -2.33. The largest absolute Gasteiger partial charge is 0.459 e. The third-order valence-corrected chi connectivity index (χ3v) is 4.65. The first kappa shape index (κ1) is 13.2. The van der Waals surface area contributed by atoms with Gasteiger partial charge < -0.3 is 14.3 Å². The van der Waals surface area contributed by atoms with Crippen LogP contribution in [0.25, 0.3) is 10.9 Å². The standard InChI is InChI=1S/C18H18N2O2/c1-11-8-10-22-17(11)18(21)20-9-7-14-13-5-3-4-6-15(13)19-16(14)12(20)2/h3-6,8,10,12,19H,7,9H2,1-2H3/t12-/m1/s1. The number of hydrogen-bond acceptors (Lipinski definition) is 2. The molecule has 0 unspecified atom stereocenters. The van der Waals surface area contributed by atoms with Crippen LogP contribution < -0.4 is 0 Å². The van der Waals surface area contributed by atoms with E-state index in [4.69, 9.17) is 4.42 Å². The Morgan fingerprint density at radius 2 is 2.14 bits per heavy atom. The normalized spacial score (nSPS) is 17.7. The summed E-state index contributed by atoms with van der Waals surface area (Å²) in [6, 6.07) is 10.2. The van der Waals surface area contributed by atoms with Crippen LogP contribution in [0.15, 0.2) is 41.0 Å². The highest BCUT2D eigenvalue weighted by Gasteiger charge is 2.32. The van der Waals surface area contributed by atoms with E-state index in [0.29, 0.717) is 5.76 Å². The average Bonchev–Trinajstić information content (AvgIpc) is 3.11. The second kappa shape index (κ2) is 4.77. The second-order valence-corrected chi connectivity index (χ2v) is 5.92. The fourth-order valence-corrected chi connectivity index (χ4v) is 3.43. The summed E-state index contributed by atoms with van der Waals surface area (Å²) in [5.41, 5.74) is 4.51. The van der Waals surface area contributed by atoms with Crippen LogP contribution in [0.3, 0.4) is 0 Å². The van der Waals surface area contributed by atoms with Gasteiger partial charge in [-0.05, 0) is 38.0 Å². The maximum Gasteiger partial charge on any atom is 0.290 e. The number of hydrogen-bond donors (Lipinski definition) is 1. The highest BCUT2D eigenvalue weighted by Crippen LogP contribution is 2.35.